The summed E-state index contributed by atoms with van der Waals surface area (Å²) in [7, 11) is 0. The van der Waals surface area contributed by atoms with Crippen LogP contribution in [0.3, 0.4) is 0 Å². The molecule has 0 radical (unpaired) electrons. The summed E-state index contributed by atoms with van der Waals surface area (Å²) < 4.78 is 0. The summed E-state index contributed by atoms with van der Waals surface area (Å²) in [5.41, 5.74) is 3.04. The average molecular weight is 165 g/mol. The zero-order valence-electron chi connectivity index (χ0n) is 8.35. The molecule has 0 spiro atoms. The van der Waals surface area contributed by atoms with Crippen LogP contribution < -0.4 is 5.32 Å². The third-order valence-corrected chi connectivity index (χ3v) is 2.18. The van der Waals surface area contributed by atoms with Gasteiger partial charge in [-0.05, 0) is 19.8 Å². The average Bonchev–Trinajstić information content (AvgIpc) is 2.03. The van der Waals surface area contributed by atoms with Gasteiger partial charge >= 0.3 is 0 Å². The Bertz CT molecular complexity index is 199. The molecule has 1 nitrogen and oxygen atoms in total. The lowest BCUT2D eigenvalue weighted by molar-refractivity contribution is 0.610. The van der Waals surface area contributed by atoms with Crippen LogP contribution in [0.2, 0.25) is 0 Å². The van der Waals surface area contributed by atoms with Crippen molar-refractivity contribution in [2.75, 3.05) is 6.54 Å². The second kappa shape index (κ2) is 4.46. The summed E-state index contributed by atoms with van der Waals surface area (Å²) in [6, 6.07) is 0.595. The Kier molecular flexibility index (Phi) is 3.54. The minimum absolute atomic E-state index is 0.595. The summed E-state index contributed by atoms with van der Waals surface area (Å²) in [4.78, 5) is 0. The van der Waals surface area contributed by atoms with Crippen molar-refractivity contribution in [2.24, 2.45) is 0 Å². The molecule has 0 heterocycles. The minimum atomic E-state index is 0.595. The van der Waals surface area contributed by atoms with Crippen LogP contribution in [-0.2, 0) is 0 Å². The van der Waals surface area contributed by atoms with E-state index in [-0.39, 0.29) is 0 Å². The van der Waals surface area contributed by atoms with Gasteiger partial charge in [0.05, 0.1) is 0 Å². The van der Waals surface area contributed by atoms with Gasteiger partial charge in [0.2, 0.25) is 0 Å². The van der Waals surface area contributed by atoms with Gasteiger partial charge < -0.3 is 5.32 Å². The fourth-order valence-electron chi connectivity index (χ4n) is 1.27. The molecule has 0 saturated carbocycles. The smallest absolute Gasteiger partial charge is 0.0170 e. The first kappa shape index (κ1) is 9.53. The first-order valence-corrected chi connectivity index (χ1v) is 4.77. The molecule has 0 aliphatic heterocycles. The summed E-state index contributed by atoms with van der Waals surface area (Å²) in [5.74, 6) is 0. The van der Waals surface area contributed by atoms with Crippen molar-refractivity contribution in [3.8, 4) is 0 Å². The molecular weight excluding hydrogens is 146 g/mol. The Hall–Kier alpha value is -0.560. The van der Waals surface area contributed by atoms with Crippen LogP contribution in [0.25, 0.3) is 0 Å². The van der Waals surface area contributed by atoms with Gasteiger partial charge in [-0.3, -0.25) is 0 Å². The normalized spacial score (nSPS) is 17.7. The molecule has 0 aromatic rings. The standard InChI is InChI=1S/C11H19N/c1-9(2)12-8-11-6-4-10(3)5-7-11/h4,6,9,12H,5,7-8H2,1-3H3. The van der Waals surface area contributed by atoms with Crippen LogP contribution >= 0.6 is 0 Å². The molecule has 1 heteroatoms. The van der Waals surface area contributed by atoms with E-state index >= 15 is 0 Å². The SMILES string of the molecule is CC1=CC=C(CNC(C)C)CC1. The van der Waals surface area contributed by atoms with E-state index in [1.54, 1.807) is 0 Å². The summed E-state index contributed by atoms with van der Waals surface area (Å²) in [6.07, 6.45) is 6.97. The Morgan fingerprint density at radius 2 is 2.08 bits per heavy atom. The fraction of sp³-hybridized carbons (Fsp3) is 0.636. The van der Waals surface area contributed by atoms with E-state index in [0.717, 1.165) is 6.54 Å². The number of hydrogen-bond acceptors (Lipinski definition) is 1. The first-order valence-electron chi connectivity index (χ1n) is 4.77. The third kappa shape index (κ3) is 3.22. The highest BCUT2D eigenvalue weighted by molar-refractivity contribution is 5.23. The lowest BCUT2D eigenvalue weighted by Crippen LogP contribution is -2.25. The molecule has 0 aromatic carbocycles. The van der Waals surface area contributed by atoms with E-state index in [4.69, 9.17) is 0 Å². The van der Waals surface area contributed by atoms with Crippen molar-refractivity contribution in [3.05, 3.63) is 23.3 Å². The van der Waals surface area contributed by atoms with Crippen molar-refractivity contribution in [3.63, 3.8) is 0 Å². The van der Waals surface area contributed by atoms with E-state index in [1.165, 1.54) is 24.0 Å². The second-order valence-electron chi connectivity index (χ2n) is 3.87. The summed E-state index contributed by atoms with van der Waals surface area (Å²) in [5, 5.41) is 3.43. The molecule has 0 fully saturated rings. The monoisotopic (exact) mass is 165 g/mol. The Morgan fingerprint density at radius 3 is 2.58 bits per heavy atom. The maximum absolute atomic E-state index is 3.43. The van der Waals surface area contributed by atoms with Crippen LogP contribution in [0, 0.1) is 0 Å². The topological polar surface area (TPSA) is 12.0 Å². The predicted octanol–water partition coefficient (Wildman–Crippen LogP) is 2.65. The minimum Gasteiger partial charge on any atom is -0.311 e. The van der Waals surface area contributed by atoms with Gasteiger partial charge in [0.15, 0.2) is 0 Å². The van der Waals surface area contributed by atoms with Crippen LogP contribution in [-0.4, -0.2) is 12.6 Å². The largest absolute Gasteiger partial charge is 0.311 e. The van der Waals surface area contributed by atoms with Gasteiger partial charge in [-0.2, -0.15) is 0 Å². The fourth-order valence-corrected chi connectivity index (χ4v) is 1.27. The van der Waals surface area contributed by atoms with E-state index in [1.807, 2.05) is 0 Å². The van der Waals surface area contributed by atoms with Crippen LogP contribution in [0.5, 0.6) is 0 Å². The molecule has 1 aliphatic rings. The first-order chi connectivity index (χ1) is 5.68. The maximum Gasteiger partial charge on any atom is 0.0170 e. The van der Waals surface area contributed by atoms with Gasteiger partial charge in [0.1, 0.15) is 0 Å². The summed E-state index contributed by atoms with van der Waals surface area (Å²) in [6.45, 7) is 7.62. The Morgan fingerprint density at radius 1 is 1.33 bits per heavy atom. The van der Waals surface area contributed by atoms with Crippen LogP contribution in [0.1, 0.15) is 33.6 Å². The van der Waals surface area contributed by atoms with Crippen molar-refractivity contribution in [1.29, 1.82) is 0 Å². The zero-order valence-corrected chi connectivity index (χ0v) is 8.35. The van der Waals surface area contributed by atoms with E-state index in [2.05, 4.69) is 38.2 Å². The van der Waals surface area contributed by atoms with E-state index in [0.29, 0.717) is 6.04 Å². The lowest BCUT2D eigenvalue weighted by atomic mass is 9.99. The maximum atomic E-state index is 3.43. The molecule has 1 aliphatic carbocycles. The van der Waals surface area contributed by atoms with Crippen LogP contribution in [0.4, 0.5) is 0 Å². The molecule has 0 atom stereocenters. The highest BCUT2D eigenvalue weighted by Crippen LogP contribution is 2.16. The number of allylic oxidation sites excluding steroid dienone is 3. The van der Waals surface area contributed by atoms with Gasteiger partial charge in [-0.15, -0.1) is 0 Å². The van der Waals surface area contributed by atoms with Crippen molar-refractivity contribution >= 4 is 0 Å². The van der Waals surface area contributed by atoms with Gasteiger partial charge in [0, 0.05) is 12.6 Å². The quantitative estimate of drug-likeness (QED) is 0.678. The van der Waals surface area contributed by atoms with Crippen molar-refractivity contribution in [1.82, 2.24) is 5.32 Å². The highest BCUT2D eigenvalue weighted by Gasteiger charge is 2.02. The predicted molar refractivity (Wildman–Crippen MR) is 54.2 cm³/mol. The Labute approximate surface area is 75.6 Å². The van der Waals surface area contributed by atoms with Gasteiger partial charge in [-0.1, -0.05) is 37.1 Å². The van der Waals surface area contributed by atoms with E-state index in [9.17, 15) is 0 Å². The zero-order chi connectivity index (χ0) is 8.97. The second-order valence-corrected chi connectivity index (χ2v) is 3.87. The molecule has 1 N–H and O–H groups in total. The molecule has 0 amide bonds. The molecule has 0 bridgehead atoms. The van der Waals surface area contributed by atoms with Gasteiger partial charge in [0.25, 0.3) is 0 Å². The molecular formula is C11H19N. The molecule has 0 aromatic heterocycles. The molecule has 1 rings (SSSR count). The molecule has 0 unspecified atom stereocenters. The van der Waals surface area contributed by atoms with E-state index < -0.39 is 0 Å². The molecule has 12 heavy (non-hydrogen) atoms. The Balaban J connectivity index is 2.34. The highest BCUT2D eigenvalue weighted by atomic mass is 14.9. The van der Waals surface area contributed by atoms with Gasteiger partial charge in [-0.25, -0.2) is 0 Å². The van der Waals surface area contributed by atoms with Crippen LogP contribution in [0.15, 0.2) is 23.3 Å². The number of rotatable bonds is 3. The molecule has 68 valence electrons. The third-order valence-electron chi connectivity index (χ3n) is 2.18. The number of nitrogens with one attached hydrogen (secondary N) is 1. The van der Waals surface area contributed by atoms with Crippen molar-refractivity contribution in [2.45, 2.75) is 39.7 Å². The van der Waals surface area contributed by atoms with Crippen molar-refractivity contribution < 1.29 is 0 Å². The molecule has 0 saturated heterocycles. The summed E-state index contributed by atoms with van der Waals surface area (Å²) >= 11 is 0. The lowest BCUT2D eigenvalue weighted by Gasteiger charge is -2.14. The number of hydrogen-bond donors (Lipinski definition) is 1.